The topological polar surface area (TPSA) is 56.8 Å². The first-order chi connectivity index (χ1) is 11.9. The van der Waals surface area contributed by atoms with E-state index < -0.39 is 24.8 Å². The summed E-state index contributed by atoms with van der Waals surface area (Å²) in [5, 5.41) is 3.62. The number of halogens is 3. The number of oxime groups is 1. The van der Waals surface area contributed by atoms with Gasteiger partial charge in [0, 0.05) is 23.0 Å². The lowest BCUT2D eigenvalue weighted by molar-refractivity contribution is -0.137. The van der Waals surface area contributed by atoms with Crippen LogP contribution in [0.2, 0.25) is 0 Å². The second-order valence-electron chi connectivity index (χ2n) is 4.40. The van der Waals surface area contributed by atoms with Crippen LogP contribution in [0, 0.1) is 0 Å². The maximum Gasteiger partial charge on any atom is 0.416 e. The summed E-state index contributed by atoms with van der Waals surface area (Å²) in [6.07, 6.45) is -2.98. The molecule has 0 aliphatic rings. The van der Waals surface area contributed by atoms with Gasteiger partial charge in [-0.3, -0.25) is 0 Å². The van der Waals surface area contributed by atoms with Gasteiger partial charge in [0.1, 0.15) is 6.56 Å². The third-order valence-electron chi connectivity index (χ3n) is 2.82. The van der Waals surface area contributed by atoms with Gasteiger partial charge in [-0.05, 0) is 37.0 Å². The van der Waals surface area contributed by atoms with E-state index in [0.29, 0.717) is 25.0 Å². The van der Waals surface area contributed by atoms with Crippen LogP contribution in [0.5, 0.6) is 0 Å². The molecule has 0 atom stereocenters. The first kappa shape index (κ1) is 12.9. The molecular weight excluding hydrogens is 297 g/mol. The lowest BCUT2D eigenvalue weighted by Gasteiger charge is -2.10. The summed E-state index contributed by atoms with van der Waals surface area (Å²) in [5.41, 5.74) is 4.74. The molecule has 0 aliphatic heterocycles. The Morgan fingerprint density at radius 3 is 2.50 bits per heavy atom. The number of hydrogen-bond acceptors (Lipinski definition) is 4. The van der Waals surface area contributed by atoms with Gasteiger partial charge in [0.15, 0.2) is 0 Å². The lowest BCUT2D eigenvalue weighted by atomic mass is 10.0. The monoisotopic (exact) mass is 322 g/mol. The first-order valence-electron chi connectivity index (χ1n) is 8.59. The summed E-state index contributed by atoms with van der Waals surface area (Å²) in [7, 11) is 1.53. The largest absolute Gasteiger partial charge is 0.416 e. The molecular formula is C15H21F3N2O2. The molecule has 124 valence electrons. The van der Waals surface area contributed by atoms with Crippen molar-refractivity contribution in [2.45, 2.75) is 25.4 Å². The van der Waals surface area contributed by atoms with Crippen molar-refractivity contribution in [2.24, 2.45) is 10.9 Å². The normalized spacial score (nSPS) is 16.5. The van der Waals surface area contributed by atoms with E-state index in [1.165, 1.54) is 19.2 Å². The number of unbranched alkanes of at least 4 members (excludes halogenated alkanes) is 1. The predicted molar refractivity (Wildman–Crippen MR) is 78.7 cm³/mol. The molecule has 0 heterocycles. The number of alkyl halides is 3. The fourth-order valence-electron chi connectivity index (χ4n) is 1.74. The minimum Gasteiger partial charge on any atom is -0.394 e. The molecule has 0 aromatic heterocycles. The van der Waals surface area contributed by atoms with Crippen molar-refractivity contribution in [1.29, 1.82) is 0 Å². The molecule has 1 rings (SSSR count). The summed E-state index contributed by atoms with van der Waals surface area (Å²) >= 11 is 0. The summed E-state index contributed by atoms with van der Waals surface area (Å²) in [6, 6.07) is 4.18. The number of ether oxygens (including phenoxy) is 1. The van der Waals surface area contributed by atoms with Gasteiger partial charge in [0.05, 0.1) is 14.0 Å². The molecule has 0 spiro atoms. The lowest BCUT2D eigenvalue weighted by Crippen LogP contribution is -2.09. The van der Waals surface area contributed by atoms with Gasteiger partial charge in [-0.1, -0.05) is 17.3 Å². The summed E-state index contributed by atoms with van der Waals surface area (Å²) in [6.45, 7) is -5.23. The van der Waals surface area contributed by atoms with Crippen LogP contribution in [0.1, 0.15) is 35.9 Å². The Balaban J connectivity index is 3.03. The smallest absolute Gasteiger partial charge is 0.394 e. The van der Waals surface area contributed by atoms with Crippen LogP contribution in [-0.4, -0.2) is 32.5 Å². The van der Waals surface area contributed by atoms with Crippen molar-refractivity contribution in [3.05, 3.63) is 35.4 Å². The SMILES string of the molecule is [2H]C([2H])(N)C([2H])([2H])ON=C(CCCCOC)c1ccc(C(F)(F)F)cc1. The molecule has 0 bridgehead atoms. The third kappa shape index (κ3) is 6.44. The fourth-order valence-corrected chi connectivity index (χ4v) is 1.74. The number of benzene rings is 1. The molecule has 1 aromatic carbocycles. The van der Waals surface area contributed by atoms with E-state index in [2.05, 4.69) is 9.99 Å². The number of nitrogens with two attached hydrogens (primary N) is 1. The van der Waals surface area contributed by atoms with E-state index in [4.69, 9.17) is 16.0 Å². The van der Waals surface area contributed by atoms with Gasteiger partial charge in [0.25, 0.3) is 0 Å². The highest BCUT2D eigenvalue weighted by Crippen LogP contribution is 2.29. The van der Waals surface area contributed by atoms with Crippen LogP contribution in [0.15, 0.2) is 29.4 Å². The van der Waals surface area contributed by atoms with Crippen LogP contribution >= 0.6 is 0 Å². The van der Waals surface area contributed by atoms with E-state index in [0.717, 1.165) is 12.1 Å². The highest BCUT2D eigenvalue weighted by atomic mass is 19.4. The van der Waals surface area contributed by atoms with Crippen molar-refractivity contribution >= 4 is 5.71 Å². The van der Waals surface area contributed by atoms with Crippen molar-refractivity contribution in [1.82, 2.24) is 0 Å². The van der Waals surface area contributed by atoms with Gasteiger partial charge in [0.2, 0.25) is 0 Å². The van der Waals surface area contributed by atoms with Gasteiger partial charge < -0.3 is 15.3 Å². The highest BCUT2D eigenvalue weighted by molar-refractivity contribution is 6.00. The van der Waals surface area contributed by atoms with E-state index in [1.54, 1.807) is 0 Å². The van der Waals surface area contributed by atoms with Crippen molar-refractivity contribution in [3.8, 4) is 0 Å². The Labute approximate surface area is 133 Å². The van der Waals surface area contributed by atoms with Gasteiger partial charge in [-0.15, -0.1) is 0 Å². The van der Waals surface area contributed by atoms with Crippen LogP contribution < -0.4 is 5.73 Å². The Hall–Kier alpha value is -1.60. The minimum absolute atomic E-state index is 0.183. The van der Waals surface area contributed by atoms with Gasteiger partial charge in [-0.2, -0.15) is 13.2 Å². The average molecular weight is 322 g/mol. The summed E-state index contributed by atoms with van der Waals surface area (Å²) < 4.78 is 72.3. The molecule has 0 unspecified atom stereocenters. The maximum absolute atomic E-state index is 12.7. The fraction of sp³-hybridized carbons (Fsp3) is 0.533. The molecule has 0 fully saturated rings. The summed E-state index contributed by atoms with van der Waals surface area (Å²) in [5.74, 6) is 0. The molecule has 0 saturated carbocycles. The van der Waals surface area contributed by atoms with E-state index in [-0.39, 0.29) is 12.1 Å². The van der Waals surface area contributed by atoms with Gasteiger partial charge >= 0.3 is 6.18 Å². The van der Waals surface area contributed by atoms with E-state index >= 15 is 0 Å². The Morgan fingerprint density at radius 1 is 1.27 bits per heavy atom. The zero-order valence-electron chi connectivity index (χ0n) is 16.1. The predicted octanol–water partition coefficient (Wildman–Crippen LogP) is 3.20. The number of rotatable bonds is 9. The van der Waals surface area contributed by atoms with Crippen molar-refractivity contribution in [2.75, 3.05) is 26.8 Å². The molecule has 0 saturated heterocycles. The second kappa shape index (κ2) is 9.42. The maximum atomic E-state index is 12.7. The van der Waals surface area contributed by atoms with Crippen molar-refractivity contribution < 1.29 is 28.2 Å². The van der Waals surface area contributed by atoms with Crippen LogP contribution in [0.25, 0.3) is 0 Å². The quantitative estimate of drug-likeness (QED) is 0.431. The van der Waals surface area contributed by atoms with E-state index in [1.807, 2.05) is 0 Å². The van der Waals surface area contributed by atoms with Crippen LogP contribution in [-0.2, 0) is 15.8 Å². The molecule has 22 heavy (non-hydrogen) atoms. The van der Waals surface area contributed by atoms with E-state index in [9.17, 15) is 13.2 Å². The summed E-state index contributed by atoms with van der Waals surface area (Å²) in [4.78, 5) is 4.63. The first-order valence-corrected chi connectivity index (χ1v) is 6.59. The molecule has 4 nitrogen and oxygen atoms in total. The van der Waals surface area contributed by atoms with Crippen LogP contribution in [0.4, 0.5) is 13.2 Å². The Morgan fingerprint density at radius 2 is 1.95 bits per heavy atom. The average Bonchev–Trinajstić information content (AvgIpc) is 2.52. The zero-order chi connectivity index (χ0) is 20.0. The zero-order valence-corrected chi connectivity index (χ0v) is 12.1. The van der Waals surface area contributed by atoms with Crippen molar-refractivity contribution in [3.63, 3.8) is 0 Å². The molecule has 1 aromatic rings. The number of nitrogens with zero attached hydrogens (tertiary/aromatic N) is 1. The molecule has 7 heteroatoms. The highest BCUT2D eigenvalue weighted by Gasteiger charge is 2.30. The van der Waals surface area contributed by atoms with Gasteiger partial charge in [-0.25, -0.2) is 0 Å². The van der Waals surface area contributed by atoms with Crippen LogP contribution in [0.3, 0.4) is 0 Å². The molecule has 2 N–H and O–H groups in total. The minimum atomic E-state index is -4.47. The second-order valence-corrected chi connectivity index (χ2v) is 4.40. The third-order valence-corrected chi connectivity index (χ3v) is 2.82. The molecule has 0 amide bonds. The number of methoxy groups -OCH3 is 1. The standard InChI is InChI=1S/C15H21F3N2O2/c1-21-10-3-2-4-14(20-22-11-9-19)12-5-7-13(8-6-12)15(16,17)18/h5-8H,2-4,9-11,19H2,1H3/i9D2,11D2. The molecule has 0 aliphatic carbocycles. The Bertz CT molecular complexity index is 602. The number of hydrogen-bond donors (Lipinski definition) is 1. The Kier molecular flexibility index (Phi) is 5.52. The molecule has 0 radical (unpaired) electrons.